The smallest absolute Gasteiger partial charge is 0.226 e. The summed E-state index contributed by atoms with van der Waals surface area (Å²) in [6, 6.07) is 0. The Hall–Kier alpha value is -1.89. The molecule has 3 heterocycles. The molecular formula is C12H18N6O. The van der Waals surface area contributed by atoms with E-state index in [9.17, 15) is 5.11 Å². The first-order valence-corrected chi connectivity index (χ1v) is 6.66. The highest BCUT2D eigenvalue weighted by molar-refractivity contribution is 5.84. The fourth-order valence-corrected chi connectivity index (χ4v) is 2.30. The van der Waals surface area contributed by atoms with Crippen LogP contribution < -0.4 is 10.2 Å². The van der Waals surface area contributed by atoms with E-state index in [0.717, 1.165) is 37.3 Å². The number of nitrogens with one attached hydrogen (secondary N) is 2. The molecule has 3 rings (SSSR count). The monoisotopic (exact) mass is 262 g/mol. The highest BCUT2D eigenvalue weighted by Crippen LogP contribution is 2.25. The molecule has 102 valence electrons. The van der Waals surface area contributed by atoms with Crippen molar-refractivity contribution in [2.45, 2.75) is 25.9 Å². The molecular weight excluding hydrogens is 244 g/mol. The first kappa shape index (κ1) is 12.2. The lowest BCUT2D eigenvalue weighted by Gasteiger charge is -2.17. The van der Waals surface area contributed by atoms with Gasteiger partial charge in [-0.05, 0) is 12.8 Å². The predicted octanol–water partition coefficient (Wildman–Crippen LogP) is 0.746. The van der Waals surface area contributed by atoms with E-state index in [2.05, 4.69) is 37.1 Å². The number of aromatic amines is 1. The number of nitrogens with zero attached hydrogens (tertiary/aromatic N) is 4. The molecule has 2 aromatic rings. The molecule has 19 heavy (non-hydrogen) atoms. The van der Waals surface area contributed by atoms with Gasteiger partial charge in [-0.1, -0.05) is 6.92 Å². The predicted molar refractivity (Wildman–Crippen MR) is 73.3 cm³/mol. The van der Waals surface area contributed by atoms with Crippen LogP contribution in [0, 0.1) is 0 Å². The summed E-state index contributed by atoms with van der Waals surface area (Å²) in [6.07, 6.45) is 3.13. The number of hydrogen-bond donors (Lipinski definition) is 3. The number of aromatic nitrogens is 4. The molecule has 0 saturated carbocycles. The van der Waals surface area contributed by atoms with Crippen LogP contribution >= 0.6 is 0 Å². The molecule has 1 fully saturated rings. The van der Waals surface area contributed by atoms with Crippen LogP contribution in [-0.4, -0.2) is 50.8 Å². The highest BCUT2D eigenvalue weighted by Gasteiger charge is 2.24. The topological polar surface area (TPSA) is 90.0 Å². The highest BCUT2D eigenvalue weighted by atomic mass is 16.3. The van der Waals surface area contributed by atoms with Crippen LogP contribution in [0.4, 0.5) is 11.8 Å². The molecule has 1 unspecified atom stereocenters. The number of hydrogen-bond acceptors (Lipinski definition) is 6. The summed E-state index contributed by atoms with van der Waals surface area (Å²) >= 11 is 0. The maximum atomic E-state index is 9.67. The molecule has 0 aliphatic carbocycles. The van der Waals surface area contributed by atoms with E-state index in [1.807, 2.05) is 0 Å². The van der Waals surface area contributed by atoms with Crippen LogP contribution in [0.3, 0.4) is 0 Å². The molecule has 0 bridgehead atoms. The van der Waals surface area contributed by atoms with Crippen LogP contribution in [0.1, 0.15) is 19.8 Å². The molecule has 7 heteroatoms. The summed E-state index contributed by atoms with van der Waals surface area (Å²) in [5.74, 6) is 1.41. The standard InChI is InChI=1S/C12H18N6O/c1-2-4-13-12-16-10-9(14-7-15-10)11(17-12)18-5-3-8(19)6-18/h7-8,19H,2-6H2,1H3,(H2,13,14,15,16,17). The second kappa shape index (κ2) is 5.00. The number of rotatable bonds is 4. The van der Waals surface area contributed by atoms with E-state index >= 15 is 0 Å². The largest absolute Gasteiger partial charge is 0.391 e. The van der Waals surface area contributed by atoms with Gasteiger partial charge in [0.2, 0.25) is 5.95 Å². The Bertz CT molecular complexity index is 568. The second-order valence-electron chi connectivity index (χ2n) is 4.79. The molecule has 1 aliphatic heterocycles. The van der Waals surface area contributed by atoms with Gasteiger partial charge in [0.1, 0.15) is 5.52 Å². The Balaban J connectivity index is 1.98. The molecule has 2 aromatic heterocycles. The second-order valence-corrected chi connectivity index (χ2v) is 4.79. The molecule has 0 amide bonds. The van der Waals surface area contributed by atoms with E-state index in [0.29, 0.717) is 18.1 Å². The molecule has 1 saturated heterocycles. The van der Waals surface area contributed by atoms with Gasteiger partial charge >= 0.3 is 0 Å². The van der Waals surface area contributed by atoms with E-state index < -0.39 is 0 Å². The fraction of sp³-hybridized carbons (Fsp3) is 0.583. The maximum Gasteiger partial charge on any atom is 0.226 e. The average molecular weight is 262 g/mol. The van der Waals surface area contributed by atoms with Crippen LogP contribution in [-0.2, 0) is 0 Å². The minimum Gasteiger partial charge on any atom is -0.391 e. The minimum absolute atomic E-state index is 0.278. The van der Waals surface area contributed by atoms with Gasteiger partial charge in [0.05, 0.1) is 12.4 Å². The Labute approximate surface area is 111 Å². The van der Waals surface area contributed by atoms with Gasteiger partial charge in [0.15, 0.2) is 11.5 Å². The number of β-amino-alcohol motifs (C(OH)–C–C–N with tert-alkyl or cyclic N) is 1. The Kier molecular flexibility index (Phi) is 3.20. The van der Waals surface area contributed by atoms with Crippen molar-refractivity contribution in [1.82, 2.24) is 19.9 Å². The molecule has 0 radical (unpaired) electrons. The van der Waals surface area contributed by atoms with Crippen molar-refractivity contribution in [2.24, 2.45) is 0 Å². The van der Waals surface area contributed by atoms with Gasteiger partial charge in [-0.15, -0.1) is 0 Å². The van der Waals surface area contributed by atoms with Gasteiger partial charge in [-0.3, -0.25) is 0 Å². The number of aliphatic hydroxyl groups is 1. The average Bonchev–Trinajstić information content (AvgIpc) is 3.03. The molecule has 0 aromatic carbocycles. The van der Waals surface area contributed by atoms with Crippen molar-refractivity contribution < 1.29 is 5.11 Å². The molecule has 1 atom stereocenters. The van der Waals surface area contributed by atoms with Crippen LogP contribution in [0.25, 0.3) is 11.2 Å². The number of aliphatic hydroxyl groups excluding tert-OH is 1. The van der Waals surface area contributed by atoms with Crippen molar-refractivity contribution >= 4 is 22.9 Å². The first-order valence-electron chi connectivity index (χ1n) is 6.66. The normalized spacial score (nSPS) is 19.3. The zero-order valence-corrected chi connectivity index (χ0v) is 10.9. The first-order chi connectivity index (χ1) is 9.28. The van der Waals surface area contributed by atoms with Gasteiger partial charge in [-0.2, -0.15) is 9.97 Å². The third-order valence-corrected chi connectivity index (χ3v) is 3.26. The third kappa shape index (κ3) is 2.33. The molecule has 0 spiro atoms. The van der Waals surface area contributed by atoms with Gasteiger partial charge < -0.3 is 20.3 Å². The summed E-state index contributed by atoms with van der Waals surface area (Å²) in [4.78, 5) is 18.3. The SMILES string of the molecule is CCCNc1nc(N2CCC(O)C2)c2[nH]cnc2n1. The van der Waals surface area contributed by atoms with Crippen LogP contribution in [0.2, 0.25) is 0 Å². The number of anilines is 2. The number of imidazole rings is 1. The zero-order chi connectivity index (χ0) is 13.2. The van der Waals surface area contributed by atoms with Gasteiger partial charge in [-0.25, -0.2) is 4.98 Å². The summed E-state index contributed by atoms with van der Waals surface area (Å²) in [5, 5.41) is 12.9. The van der Waals surface area contributed by atoms with E-state index in [1.54, 1.807) is 6.33 Å². The van der Waals surface area contributed by atoms with Crippen molar-refractivity contribution in [3.63, 3.8) is 0 Å². The van der Waals surface area contributed by atoms with E-state index in [-0.39, 0.29) is 6.10 Å². The summed E-state index contributed by atoms with van der Waals surface area (Å²) in [5.41, 5.74) is 1.49. The summed E-state index contributed by atoms with van der Waals surface area (Å²) < 4.78 is 0. The lowest BCUT2D eigenvalue weighted by atomic mass is 10.3. The van der Waals surface area contributed by atoms with Crippen molar-refractivity contribution in [1.29, 1.82) is 0 Å². The van der Waals surface area contributed by atoms with E-state index in [1.165, 1.54) is 0 Å². The van der Waals surface area contributed by atoms with Crippen molar-refractivity contribution in [3.05, 3.63) is 6.33 Å². The number of fused-ring (bicyclic) bond motifs is 1. The molecule has 1 aliphatic rings. The fourth-order valence-electron chi connectivity index (χ4n) is 2.30. The quantitative estimate of drug-likeness (QED) is 0.753. The lowest BCUT2D eigenvalue weighted by Crippen LogP contribution is -2.23. The maximum absolute atomic E-state index is 9.67. The third-order valence-electron chi connectivity index (χ3n) is 3.26. The Morgan fingerprint density at radius 2 is 2.42 bits per heavy atom. The molecule has 3 N–H and O–H groups in total. The minimum atomic E-state index is -0.278. The summed E-state index contributed by atoms with van der Waals surface area (Å²) in [7, 11) is 0. The van der Waals surface area contributed by atoms with Crippen molar-refractivity contribution in [3.8, 4) is 0 Å². The van der Waals surface area contributed by atoms with Crippen LogP contribution in [0.5, 0.6) is 0 Å². The van der Waals surface area contributed by atoms with Crippen molar-refractivity contribution in [2.75, 3.05) is 29.9 Å². The zero-order valence-electron chi connectivity index (χ0n) is 10.9. The Morgan fingerprint density at radius 3 is 3.16 bits per heavy atom. The van der Waals surface area contributed by atoms with Crippen LogP contribution in [0.15, 0.2) is 6.33 Å². The van der Waals surface area contributed by atoms with Gasteiger partial charge in [0, 0.05) is 19.6 Å². The van der Waals surface area contributed by atoms with E-state index in [4.69, 9.17) is 0 Å². The lowest BCUT2D eigenvalue weighted by molar-refractivity contribution is 0.198. The summed E-state index contributed by atoms with van der Waals surface area (Å²) in [6.45, 7) is 4.34. The number of H-pyrrole nitrogens is 1. The molecule has 7 nitrogen and oxygen atoms in total. The van der Waals surface area contributed by atoms with Gasteiger partial charge in [0.25, 0.3) is 0 Å². The Morgan fingerprint density at radius 1 is 1.53 bits per heavy atom.